The first-order valence-corrected chi connectivity index (χ1v) is 4.74. The van der Waals surface area contributed by atoms with E-state index >= 15 is 0 Å². The molecule has 16 heavy (non-hydrogen) atoms. The van der Waals surface area contributed by atoms with Crippen LogP contribution in [0.3, 0.4) is 0 Å². The van der Waals surface area contributed by atoms with Crippen molar-refractivity contribution in [2.24, 2.45) is 5.92 Å². The highest BCUT2D eigenvalue weighted by Gasteiger charge is 2.25. The zero-order valence-corrected chi connectivity index (χ0v) is 8.19. The zero-order chi connectivity index (χ0) is 11.7. The highest BCUT2D eigenvalue weighted by molar-refractivity contribution is 5.93. The molecule has 1 saturated heterocycles. The maximum Gasteiger partial charge on any atom is 0.230 e. The van der Waals surface area contributed by atoms with Gasteiger partial charge in [0.15, 0.2) is 11.6 Å². The largest absolute Gasteiger partial charge is 0.323 e. The van der Waals surface area contributed by atoms with Crippen LogP contribution in [-0.4, -0.2) is 19.0 Å². The van der Waals surface area contributed by atoms with E-state index in [9.17, 15) is 18.0 Å². The molecule has 1 aromatic carbocycles. The average Bonchev–Trinajstić information content (AvgIpc) is 2.11. The predicted molar refractivity (Wildman–Crippen MR) is 51.3 cm³/mol. The Bertz CT molecular complexity index is 432. The number of halogens is 3. The van der Waals surface area contributed by atoms with Crippen LogP contribution in [0.2, 0.25) is 0 Å². The Labute approximate surface area is 89.6 Å². The van der Waals surface area contributed by atoms with Gasteiger partial charge >= 0.3 is 0 Å². The Morgan fingerprint density at radius 1 is 1.19 bits per heavy atom. The zero-order valence-electron chi connectivity index (χ0n) is 8.19. The number of anilines is 1. The van der Waals surface area contributed by atoms with E-state index in [4.69, 9.17) is 0 Å². The van der Waals surface area contributed by atoms with E-state index in [1.54, 1.807) is 0 Å². The fourth-order valence-electron chi connectivity index (χ4n) is 1.33. The lowest BCUT2D eigenvalue weighted by Crippen LogP contribution is -2.48. The number of benzene rings is 1. The highest BCUT2D eigenvalue weighted by atomic mass is 19.2. The van der Waals surface area contributed by atoms with Crippen LogP contribution >= 0.6 is 0 Å². The first-order chi connectivity index (χ1) is 7.58. The van der Waals surface area contributed by atoms with Gasteiger partial charge in [0.05, 0.1) is 11.6 Å². The van der Waals surface area contributed by atoms with Crippen LogP contribution < -0.4 is 10.6 Å². The van der Waals surface area contributed by atoms with Gasteiger partial charge in [0, 0.05) is 25.2 Å². The van der Waals surface area contributed by atoms with Crippen molar-refractivity contribution in [3.05, 3.63) is 29.6 Å². The van der Waals surface area contributed by atoms with E-state index in [1.165, 1.54) is 0 Å². The number of carbonyl (C=O) groups excluding carboxylic acids is 1. The first kappa shape index (κ1) is 10.9. The molecule has 1 fully saturated rings. The first-order valence-electron chi connectivity index (χ1n) is 4.74. The van der Waals surface area contributed by atoms with Gasteiger partial charge in [-0.25, -0.2) is 13.2 Å². The van der Waals surface area contributed by atoms with Gasteiger partial charge in [-0.05, 0) is 0 Å². The monoisotopic (exact) mass is 230 g/mol. The van der Waals surface area contributed by atoms with Crippen LogP contribution in [0.4, 0.5) is 18.9 Å². The molecule has 0 spiro atoms. The number of nitrogens with one attached hydrogen (secondary N) is 2. The van der Waals surface area contributed by atoms with Crippen molar-refractivity contribution in [2.75, 3.05) is 18.4 Å². The van der Waals surface area contributed by atoms with Crippen molar-refractivity contribution in [1.29, 1.82) is 0 Å². The molecule has 0 bridgehead atoms. The molecule has 1 amide bonds. The number of hydrogen-bond donors (Lipinski definition) is 2. The second-order valence-corrected chi connectivity index (χ2v) is 3.59. The highest BCUT2D eigenvalue weighted by Crippen LogP contribution is 2.19. The Morgan fingerprint density at radius 3 is 2.38 bits per heavy atom. The molecule has 1 aliphatic heterocycles. The summed E-state index contributed by atoms with van der Waals surface area (Å²) in [6.45, 7) is 1.02. The topological polar surface area (TPSA) is 41.1 Å². The molecular weight excluding hydrogens is 221 g/mol. The van der Waals surface area contributed by atoms with E-state index in [0.717, 1.165) is 0 Å². The summed E-state index contributed by atoms with van der Waals surface area (Å²) in [5, 5.41) is 5.09. The van der Waals surface area contributed by atoms with Gasteiger partial charge in [-0.1, -0.05) is 0 Å². The molecule has 6 heteroatoms. The molecule has 86 valence electrons. The standard InChI is InChI=1S/C10H9F3N2O/c11-6-1-8(13)9(2-7(6)12)15-10(16)5-3-14-4-5/h1-2,5,14H,3-4H2,(H,15,16). The molecule has 0 atom stereocenters. The minimum atomic E-state index is -1.28. The van der Waals surface area contributed by atoms with Crippen LogP contribution in [0, 0.1) is 23.4 Å². The summed E-state index contributed by atoms with van der Waals surface area (Å²) in [7, 11) is 0. The number of carbonyl (C=O) groups is 1. The molecular formula is C10H9F3N2O. The maximum atomic E-state index is 13.1. The van der Waals surface area contributed by atoms with Crippen molar-refractivity contribution in [3.63, 3.8) is 0 Å². The quantitative estimate of drug-likeness (QED) is 0.751. The van der Waals surface area contributed by atoms with Gasteiger partial charge in [-0.2, -0.15) is 0 Å². The van der Waals surface area contributed by atoms with E-state index in [-0.39, 0.29) is 11.6 Å². The van der Waals surface area contributed by atoms with E-state index in [2.05, 4.69) is 10.6 Å². The Hall–Kier alpha value is -1.56. The second-order valence-electron chi connectivity index (χ2n) is 3.59. The number of hydrogen-bond acceptors (Lipinski definition) is 2. The summed E-state index contributed by atoms with van der Waals surface area (Å²) in [5.74, 6) is -4.10. The Morgan fingerprint density at radius 2 is 1.81 bits per heavy atom. The van der Waals surface area contributed by atoms with Gasteiger partial charge in [0.2, 0.25) is 5.91 Å². The van der Waals surface area contributed by atoms with Gasteiger partial charge in [0.1, 0.15) is 5.82 Å². The third-order valence-electron chi connectivity index (χ3n) is 2.42. The number of rotatable bonds is 2. The van der Waals surface area contributed by atoms with Gasteiger partial charge in [-0.15, -0.1) is 0 Å². The number of amides is 1. The molecule has 0 unspecified atom stereocenters. The lowest BCUT2D eigenvalue weighted by molar-refractivity contribution is -0.121. The average molecular weight is 230 g/mol. The molecule has 0 saturated carbocycles. The van der Waals surface area contributed by atoms with Gasteiger partial charge in [0.25, 0.3) is 0 Å². The molecule has 2 N–H and O–H groups in total. The summed E-state index contributed by atoms with van der Waals surface area (Å²) in [5.41, 5.74) is -0.337. The third-order valence-corrected chi connectivity index (χ3v) is 2.42. The molecule has 1 heterocycles. The molecule has 0 radical (unpaired) electrons. The Balaban J connectivity index is 2.14. The molecule has 3 nitrogen and oxygen atoms in total. The van der Waals surface area contributed by atoms with Crippen molar-refractivity contribution in [2.45, 2.75) is 0 Å². The van der Waals surface area contributed by atoms with Crippen molar-refractivity contribution < 1.29 is 18.0 Å². The van der Waals surface area contributed by atoms with Crippen LogP contribution in [0.5, 0.6) is 0 Å². The molecule has 1 aliphatic rings. The van der Waals surface area contributed by atoms with E-state index in [1.807, 2.05) is 0 Å². The van der Waals surface area contributed by atoms with Crippen LogP contribution in [0.25, 0.3) is 0 Å². The van der Waals surface area contributed by atoms with Crippen LogP contribution in [0.15, 0.2) is 12.1 Å². The molecule has 0 aliphatic carbocycles. The van der Waals surface area contributed by atoms with E-state index in [0.29, 0.717) is 25.2 Å². The van der Waals surface area contributed by atoms with Gasteiger partial charge in [-0.3, -0.25) is 4.79 Å². The summed E-state index contributed by atoms with van der Waals surface area (Å²) in [4.78, 5) is 11.4. The van der Waals surface area contributed by atoms with E-state index < -0.39 is 23.4 Å². The third kappa shape index (κ3) is 2.01. The molecule has 2 rings (SSSR count). The summed E-state index contributed by atoms with van der Waals surface area (Å²) in [6, 6.07) is 1.04. The minimum Gasteiger partial charge on any atom is -0.323 e. The van der Waals surface area contributed by atoms with Crippen LogP contribution in [0.1, 0.15) is 0 Å². The van der Waals surface area contributed by atoms with Crippen molar-refractivity contribution in [3.8, 4) is 0 Å². The lowest BCUT2D eigenvalue weighted by atomic mass is 10.0. The summed E-state index contributed by atoms with van der Waals surface area (Å²) >= 11 is 0. The normalized spacial score (nSPS) is 15.7. The maximum absolute atomic E-state index is 13.1. The lowest BCUT2D eigenvalue weighted by Gasteiger charge is -2.25. The SMILES string of the molecule is O=C(Nc1cc(F)c(F)cc1F)C1CNC1. The predicted octanol–water partition coefficient (Wildman–Crippen LogP) is 1.26. The summed E-state index contributed by atoms with van der Waals surface area (Å²) < 4.78 is 38.5. The minimum absolute atomic E-state index is 0.243. The molecule has 0 aromatic heterocycles. The fraction of sp³-hybridized carbons (Fsp3) is 0.300. The van der Waals surface area contributed by atoms with Gasteiger partial charge < -0.3 is 10.6 Å². The van der Waals surface area contributed by atoms with Crippen molar-refractivity contribution >= 4 is 11.6 Å². The molecule has 1 aromatic rings. The Kier molecular flexibility index (Phi) is 2.82. The second kappa shape index (κ2) is 4.13. The summed E-state index contributed by atoms with van der Waals surface area (Å²) in [6.07, 6.45) is 0. The fourth-order valence-corrected chi connectivity index (χ4v) is 1.33. The van der Waals surface area contributed by atoms with Crippen LogP contribution in [-0.2, 0) is 4.79 Å². The van der Waals surface area contributed by atoms with Crippen molar-refractivity contribution in [1.82, 2.24) is 5.32 Å². The smallest absolute Gasteiger partial charge is 0.230 e.